The molecule has 0 aromatic heterocycles. The van der Waals surface area contributed by atoms with Crippen LogP contribution in [0.5, 0.6) is 0 Å². The molecule has 3 saturated heterocycles. The van der Waals surface area contributed by atoms with Crippen LogP contribution in [-0.4, -0.2) is 61.7 Å². The first-order valence-corrected chi connectivity index (χ1v) is 8.60. The molecule has 0 radical (unpaired) electrons. The first-order chi connectivity index (χ1) is 9.42. The maximum absolute atomic E-state index is 3.70. The molecule has 3 aliphatic rings. The van der Waals surface area contributed by atoms with Gasteiger partial charge in [0.2, 0.25) is 0 Å². The van der Waals surface area contributed by atoms with E-state index in [2.05, 4.69) is 15.1 Å². The van der Waals surface area contributed by atoms with Gasteiger partial charge in [0.05, 0.1) is 0 Å². The molecule has 0 amide bonds. The number of likely N-dealkylation sites (tertiary alicyclic amines) is 2. The van der Waals surface area contributed by atoms with E-state index in [1.165, 1.54) is 90.8 Å². The first-order valence-electron chi connectivity index (χ1n) is 8.60. The molecule has 1 unspecified atom stereocenters. The molecule has 0 saturated carbocycles. The van der Waals surface area contributed by atoms with Crippen LogP contribution in [0.25, 0.3) is 0 Å². The van der Waals surface area contributed by atoms with Crippen molar-refractivity contribution in [3.05, 3.63) is 0 Å². The molecule has 3 aliphatic heterocycles. The van der Waals surface area contributed by atoms with Crippen molar-refractivity contribution in [3.8, 4) is 0 Å². The molecule has 3 rings (SSSR count). The highest BCUT2D eigenvalue weighted by Crippen LogP contribution is 2.25. The van der Waals surface area contributed by atoms with E-state index in [-0.39, 0.29) is 0 Å². The standard InChI is InChI=1S/C16H31N3/c1-2-9-18(10-3-1)13-14-19-11-6-15(7-12-19)16-5-4-8-17-16/h15-17H,1-14H2. The van der Waals surface area contributed by atoms with Crippen molar-refractivity contribution in [2.24, 2.45) is 5.92 Å². The van der Waals surface area contributed by atoms with Crippen LogP contribution in [0.15, 0.2) is 0 Å². The van der Waals surface area contributed by atoms with Crippen molar-refractivity contribution >= 4 is 0 Å². The largest absolute Gasteiger partial charge is 0.314 e. The molecule has 3 heterocycles. The fourth-order valence-electron chi connectivity index (χ4n) is 4.16. The van der Waals surface area contributed by atoms with Gasteiger partial charge in [-0.25, -0.2) is 0 Å². The maximum Gasteiger partial charge on any atom is 0.0109 e. The number of hydrogen-bond donors (Lipinski definition) is 1. The Morgan fingerprint density at radius 3 is 2.05 bits per heavy atom. The van der Waals surface area contributed by atoms with E-state index in [1.54, 1.807) is 0 Å². The topological polar surface area (TPSA) is 18.5 Å². The minimum Gasteiger partial charge on any atom is -0.314 e. The molecule has 1 atom stereocenters. The second-order valence-corrected chi connectivity index (χ2v) is 6.78. The lowest BCUT2D eigenvalue weighted by atomic mass is 9.88. The van der Waals surface area contributed by atoms with Crippen LogP contribution in [0.3, 0.4) is 0 Å². The van der Waals surface area contributed by atoms with E-state index < -0.39 is 0 Å². The van der Waals surface area contributed by atoms with Gasteiger partial charge in [-0.15, -0.1) is 0 Å². The number of nitrogens with zero attached hydrogens (tertiary/aromatic N) is 2. The number of nitrogens with one attached hydrogen (secondary N) is 1. The lowest BCUT2D eigenvalue weighted by Crippen LogP contribution is -2.44. The molecule has 1 N–H and O–H groups in total. The summed E-state index contributed by atoms with van der Waals surface area (Å²) in [5.41, 5.74) is 0. The van der Waals surface area contributed by atoms with Crippen molar-refractivity contribution < 1.29 is 0 Å². The predicted octanol–water partition coefficient (Wildman–Crippen LogP) is 1.94. The van der Waals surface area contributed by atoms with Gasteiger partial charge >= 0.3 is 0 Å². The summed E-state index contributed by atoms with van der Waals surface area (Å²) in [5.74, 6) is 0.966. The van der Waals surface area contributed by atoms with E-state index in [9.17, 15) is 0 Å². The van der Waals surface area contributed by atoms with Crippen LogP contribution in [-0.2, 0) is 0 Å². The van der Waals surface area contributed by atoms with Crippen molar-refractivity contribution in [3.63, 3.8) is 0 Å². The molecular formula is C16H31N3. The number of piperidine rings is 2. The Morgan fingerprint density at radius 1 is 0.737 bits per heavy atom. The van der Waals surface area contributed by atoms with Gasteiger partial charge in [-0.05, 0) is 77.2 Å². The molecule has 3 nitrogen and oxygen atoms in total. The summed E-state index contributed by atoms with van der Waals surface area (Å²) in [7, 11) is 0. The monoisotopic (exact) mass is 265 g/mol. The van der Waals surface area contributed by atoms with Crippen molar-refractivity contribution in [1.29, 1.82) is 0 Å². The summed E-state index contributed by atoms with van der Waals surface area (Å²) in [6.07, 6.45) is 9.99. The highest BCUT2D eigenvalue weighted by molar-refractivity contribution is 4.85. The van der Waals surface area contributed by atoms with Gasteiger partial charge in [-0.3, -0.25) is 0 Å². The molecule has 0 bridgehead atoms. The van der Waals surface area contributed by atoms with Crippen molar-refractivity contribution in [1.82, 2.24) is 15.1 Å². The average Bonchev–Trinajstić information content (AvgIpc) is 3.01. The molecule has 0 aromatic rings. The summed E-state index contributed by atoms with van der Waals surface area (Å²) < 4.78 is 0. The molecule has 3 heteroatoms. The highest BCUT2D eigenvalue weighted by atomic mass is 15.2. The summed E-state index contributed by atoms with van der Waals surface area (Å²) in [6.45, 7) is 9.27. The Bertz CT molecular complexity index is 249. The van der Waals surface area contributed by atoms with E-state index in [4.69, 9.17) is 0 Å². The fraction of sp³-hybridized carbons (Fsp3) is 1.00. The lowest BCUT2D eigenvalue weighted by molar-refractivity contribution is 0.135. The van der Waals surface area contributed by atoms with Crippen LogP contribution in [0.4, 0.5) is 0 Å². The van der Waals surface area contributed by atoms with Gasteiger partial charge in [-0.1, -0.05) is 6.42 Å². The van der Waals surface area contributed by atoms with Crippen LogP contribution in [0.1, 0.15) is 44.9 Å². The fourth-order valence-corrected chi connectivity index (χ4v) is 4.16. The summed E-state index contributed by atoms with van der Waals surface area (Å²) in [5, 5.41) is 3.70. The van der Waals surface area contributed by atoms with Gasteiger partial charge in [0, 0.05) is 19.1 Å². The van der Waals surface area contributed by atoms with Gasteiger partial charge in [0.15, 0.2) is 0 Å². The minimum atomic E-state index is 0.851. The van der Waals surface area contributed by atoms with E-state index in [0.29, 0.717) is 0 Å². The Kier molecular flexibility index (Phi) is 5.14. The Balaban J connectivity index is 1.33. The van der Waals surface area contributed by atoms with Crippen molar-refractivity contribution in [2.45, 2.75) is 51.0 Å². The van der Waals surface area contributed by atoms with Gasteiger partial charge < -0.3 is 15.1 Å². The Labute approximate surface area is 118 Å². The number of rotatable bonds is 4. The summed E-state index contributed by atoms with van der Waals surface area (Å²) in [6, 6.07) is 0.851. The Morgan fingerprint density at radius 2 is 1.42 bits per heavy atom. The SMILES string of the molecule is C1CCN(CCN2CCC(C3CCCN3)CC2)CC1. The molecule has 0 aliphatic carbocycles. The van der Waals surface area contributed by atoms with Crippen LogP contribution in [0.2, 0.25) is 0 Å². The molecule has 110 valence electrons. The zero-order valence-corrected chi connectivity index (χ0v) is 12.4. The second-order valence-electron chi connectivity index (χ2n) is 6.78. The van der Waals surface area contributed by atoms with E-state index >= 15 is 0 Å². The minimum absolute atomic E-state index is 0.851. The average molecular weight is 265 g/mol. The third-order valence-electron chi connectivity index (χ3n) is 5.48. The Hall–Kier alpha value is -0.120. The molecule has 0 spiro atoms. The van der Waals surface area contributed by atoms with Gasteiger partial charge in [0.1, 0.15) is 0 Å². The zero-order valence-electron chi connectivity index (χ0n) is 12.4. The zero-order chi connectivity index (χ0) is 12.9. The van der Waals surface area contributed by atoms with Crippen molar-refractivity contribution in [2.75, 3.05) is 45.8 Å². The molecule has 3 fully saturated rings. The van der Waals surface area contributed by atoms with Crippen LogP contribution in [0, 0.1) is 5.92 Å². The quantitative estimate of drug-likeness (QED) is 0.838. The third-order valence-corrected chi connectivity index (χ3v) is 5.48. The summed E-state index contributed by atoms with van der Waals surface area (Å²) in [4.78, 5) is 5.38. The second kappa shape index (κ2) is 7.05. The third kappa shape index (κ3) is 3.93. The van der Waals surface area contributed by atoms with E-state index in [0.717, 1.165) is 12.0 Å². The predicted molar refractivity (Wildman–Crippen MR) is 80.5 cm³/mol. The molecular weight excluding hydrogens is 234 g/mol. The smallest absolute Gasteiger partial charge is 0.0109 e. The van der Waals surface area contributed by atoms with E-state index in [1.807, 2.05) is 0 Å². The maximum atomic E-state index is 3.70. The van der Waals surface area contributed by atoms with Crippen LogP contribution < -0.4 is 5.32 Å². The normalized spacial score (nSPS) is 31.9. The van der Waals surface area contributed by atoms with Crippen LogP contribution >= 0.6 is 0 Å². The van der Waals surface area contributed by atoms with Gasteiger partial charge in [0.25, 0.3) is 0 Å². The summed E-state index contributed by atoms with van der Waals surface area (Å²) >= 11 is 0. The highest BCUT2D eigenvalue weighted by Gasteiger charge is 2.28. The van der Waals surface area contributed by atoms with Gasteiger partial charge in [-0.2, -0.15) is 0 Å². The molecule has 0 aromatic carbocycles. The molecule has 19 heavy (non-hydrogen) atoms. The lowest BCUT2D eigenvalue weighted by Gasteiger charge is -2.36. The first kappa shape index (κ1) is 13.8. The number of hydrogen-bond acceptors (Lipinski definition) is 3.